The number of benzene rings is 8. The zero-order chi connectivity index (χ0) is 32.4. The van der Waals surface area contributed by atoms with E-state index in [-0.39, 0.29) is 0 Å². The molecule has 0 N–H and O–H groups in total. The van der Waals surface area contributed by atoms with Crippen molar-refractivity contribution in [1.82, 2.24) is 0 Å². The first kappa shape index (κ1) is 27.7. The maximum Gasteiger partial charge on any atom is 0.136 e. The van der Waals surface area contributed by atoms with Crippen molar-refractivity contribution in [2.45, 2.75) is 5.41 Å². The van der Waals surface area contributed by atoms with Crippen LogP contribution in [0.2, 0.25) is 0 Å². The van der Waals surface area contributed by atoms with Gasteiger partial charge in [0.1, 0.15) is 22.7 Å². The number of rotatable bonds is 4. The molecule has 0 aliphatic carbocycles. The van der Waals surface area contributed by atoms with E-state index in [1.165, 1.54) is 32.8 Å². The van der Waals surface area contributed by atoms with Crippen LogP contribution in [0.1, 0.15) is 22.3 Å². The van der Waals surface area contributed by atoms with Gasteiger partial charge in [0.2, 0.25) is 0 Å². The lowest BCUT2D eigenvalue weighted by Gasteiger charge is -2.41. The molecule has 2 heteroatoms. The molecule has 0 fully saturated rings. The molecule has 9 aromatic rings. The Balaban J connectivity index is 1.11. The minimum Gasteiger partial charge on any atom is -0.457 e. The van der Waals surface area contributed by atoms with Crippen LogP contribution in [0.15, 0.2) is 186 Å². The van der Waals surface area contributed by atoms with E-state index in [1.807, 2.05) is 0 Å². The van der Waals surface area contributed by atoms with Gasteiger partial charge in [-0.1, -0.05) is 158 Å². The predicted molar refractivity (Wildman–Crippen MR) is 200 cm³/mol. The molecule has 2 heterocycles. The maximum absolute atomic E-state index is 6.74. The van der Waals surface area contributed by atoms with Crippen molar-refractivity contribution in [3.63, 3.8) is 0 Å². The highest BCUT2D eigenvalue weighted by atomic mass is 16.5. The Morgan fingerprint density at radius 1 is 0.388 bits per heavy atom. The van der Waals surface area contributed by atoms with E-state index in [9.17, 15) is 0 Å². The highest BCUT2D eigenvalue weighted by molar-refractivity contribution is 6.22. The van der Waals surface area contributed by atoms with Crippen LogP contribution < -0.4 is 4.74 Å². The fraction of sp³-hybridized carbons (Fsp3) is 0.0213. The number of para-hydroxylation sites is 1. The molecule has 1 aliphatic heterocycles. The third-order valence-electron chi connectivity index (χ3n) is 10.2. The SMILES string of the molecule is c1ccc(C2(c3ccccc3)c3ccccc3Oc3cc(-c4ccc(-c5cccc6oc7ccc8ccccc8c7c56)cc4)ccc32)cc1. The molecule has 0 atom stereocenters. The van der Waals surface area contributed by atoms with E-state index in [0.717, 1.165) is 55.9 Å². The first-order valence-electron chi connectivity index (χ1n) is 16.8. The second-order valence-corrected chi connectivity index (χ2v) is 12.8. The normalized spacial score (nSPS) is 13.2. The van der Waals surface area contributed by atoms with E-state index in [0.29, 0.717) is 0 Å². The number of furan rings is 1. The summed E-state index contributed by atoms with van der Waals surface area (Å²) < 4.78 is 13.1. The highest BCUT2D eigenvalue weighted by Crippen LogP contribution is 2.55. The summed E-state index contributed by atoms with van der Waals surface area (Å²) in [5, 5.41) is 4.74. The van der Waals surface area contributed by atoms with Crippen LogP contribution in [0.5, 0.6) is 11.5 Å². The molecule has 230 valence electrons. The van der Waals surface area contributed by atoms with E-state index in [2.05, 4.69) is 182 Å². The number of hydrogen-bond acceptors (Lipinski definition) is 2. The Kier molecular flexibility index (Phi) is 6.13. The Morgan fingerprint density at radius 3 is 1.82 bits per heavy atom. The van der Waals surface area contributed by atoms with Gasteiger partial charge in [0.25, 0.3) is 0 Å². The van der Waals surface area contributed by atoms with Crippen molar-refractivity contribution < 1.29 is 9.15 Å². The van der Waals surface area contributed by atoms with Crippen molar-refractivity contribution >= 4 is 32.7 Å². The Hall–Kier alpha value is -6.38. The van der Waals surface area contributed by atoms with Crippen molar-refractivity contribution in [2.24, 2.45) is 0 Å². The lowest BCUT2D eigenvalue weighted by Crippen LogP contribution is -2.34. The van der Waals surface area contributed by atoms with Gasteiger partial charge in [0.15, 0.2) is 0 Å². The molecule has 0 saturated heterocycles. The van der Waals surface area contributed by atoms with Crippen molar-refractivity contribution in [1.29, 1.82) is 0 Å². The summed E-state index contributed by atoms with van der Waals surface area (Å²) in [6.45, 7) is 0. The average molecular weight is 627 g/mol. The predicted octanol–water partition coefficient (Wildman–Crippen LogP) is 12.6. The van der Waals surface area contributed by atoms with Gasteiger partial charge >= 0.3 is 0 Å². The van der Waals surface area contributed by atoms with Crippen LogP contribution in [0.25, 0.3) is 55.0 Å². The fourth-order valence-corrected chi connectivity index (χ4v) is 8.06. The third-order valence-corrected chi connectivity index (χ3v) is 10.2. The molecular weight excluding hydrogens is 597 g/mol. The molecule has 0 radical (unpaired) electrons. The summed E-state index contributed by atoms with van der Waals surface area (Å²) in [6, 6.07) is 64.8. The van der Waals surface area contributed by atoms with E-state index < -0.39 is 5.41 Å². The second kappa shape index (κ2) is 10.8. The molecule has 8 aromatic carbocycles. The van der Waals surface area contributed by atoms with Crippen LogP contribution in [-0.4, -0.2) is 0 Å². The molecular formula is C47H30O2. The van der Waals surface area contributed by atoms with Crippen molar-refractivity contribution in [3.8, 4) is 33.8 Å². The summed E-state index contributed by atoms with van der Waals surface area (Å²) in [6.07, 6.45) is 0. The van der Waals surface area contributed by atoms with Crippen LogP contribution in [0, 0.1) is 0 Å². The molecule has 0 spiro atoms. The van der Waals surface area contributed by atoms with E-state index in [4.69, 9.17) is 9.15 Å². The maximum atomic E-state index is 6.74. The lowest BCUT2D eigenvalue weighted by atomic mass is 9.63. The minimum atomic E-state index is -0.523. The first-order chi connectivity index (χ1) is 24.3. The number of hydrogen-bond donors (Lipinski definition) is 0. The standard InChI is InChI=1S/C47H30O2/c1-3-13-35(14-4-1)47(36-15-5-2-6-16-36)39-19-9-10-20-41(39)48-44-30-34(26-28-40(44)47)31-22-24-33(25-23-31)38-18-11-21-42-45(38)46-37-17-8-7-12-32(37)27-29-43(46)49-42/h1-30H. The van der Waals surface area contributed by atoms with Gasteiger partial charge in [-0.25, -0.2) is 0 Å². The van der Waals surface area contributed by atoms with Gasteiger partial charge in [0.05, 0.1) is 5.41 Å². The summed E-state index contributed by atoms with van der Waals surface area (Å²) >= 11 is 0. The molecule has 0 bridgehead atoms. The molecule has 1 aliphatic rings. The Bertz CT molecular complexity index is 2630. The quantitative estimate of drug-likeness (QED) is 0.194. The van der Waals surface area contributed by atoms with Gasteiger partial charge in [-0.15, -0.1) is 0 Å². The molecule has 10 rings (SSSR count). The zero-order valence-corrected chi connectivity index (χ0v) is 26.6. The molecule has 49 heavy (non-hydrogen) atoms. The molecule has 0 amide bonds. The summed E-state index contributed by atoms with van der Waals surface area (Å²) in [5.74, 6) is 1.75. The first-order valence-corrected chi connectivity index (χ1v) is 16.8. The smallest absolute Gasteiger partial charge is 0.136 e. The van der Waals surface area contributed by atoms with Crippen LogP contribution in [0.4, 0.5) is 0 Å². The average Bonchev–Trinajstić information content (AvgIpc) is 3.57. The topological polar surface area (TPSA) is 22.4 Å². The number of fused-ring (bicyclic) bond motifs is 7. The van der Waals surface area contributed by atoms with Crippen LogP contribution in [0.3, 0.4) is 0 Å². The minimum absolute atomic E-state index is 0.523. The largest absolute Gasteiger partial charge is 0.457 e. The molecule has 0 saturated carbocycles. The monoisotopic (exact) mass is 626 g/mol. The van der Waals surface area contributed by atoms with Gasteiger partial charge in [-0.3, -0.25) is 0 Å². The highest BCUT2D eigenvalue weighted by Gasteiger charge is 2.45. The van der Waals surface area contributed by atoms with Gasteiger partial charge in [-0.05, 0) is 68.4 Å². The zero-order valence-electron chi connectivity index (χ0n) is 26.6. The van der Waals surface area contributed by atoms with Crippen LogP contribution in [-0.2, 0) is 5.41 Å². The summed E-state index contributed by atoms with van der Waals surface area (Å²) in [4.78, 5) is 0. The Labute approximate surface area is 284 Å². The molecule has 0 unspecified atom stereocenters. The van der Waals surface area contributed by atoms with Crippen molar-refractivity contribution in [2.75, 3.05) is 0 Å². The Morgan fingerprint density at radius 2 is 1.02 bits per heavy atom. The van der Waals surface area contributed by atoms with Gasteiger partial charge in [-0.2, -0.15) is 0 Å². The molecule has 2 nitrogen and oxygen atoms in total. The van der Waals surface area contributed by atoms with Crippen molar-refractivity contribution in [3.05, 3.63) is 204 Å². The third kappa shape index (κ3) is 4.14. The summed E-state index contributed by atoms with van der Waals surface area (Å²) in [5.41, 5.74) is 10.6. The van der Waals surface area contributed by atoms with Gasteiger partial charge < -0.3 is 9.15 Å². The number of ether oxygens (including phenoxy) is 1. The van der Waals surface area contributed by atoms with E-state index in [1.54, 1.807) is 0 Å². The molecule has 1 aromatic heterocycles. The van der Waals surface area contributed by atoms with Crippen LogP contribution >= 0.6 is 0 Å². The van der Waals surface area contributed by atoms with Gasteiger partial charge in [0, 0.05) is 21.9 Å². The fourth-order valence-electron chi connectivity index (χ4n) is 8.06. The van der Waals surface area contributed by atoms with E-state index >= 15 is 0 Å². The lowest BCUT2D eigenvalue weighted by molar-refractivity contribution is 0.435. The second-order valence-electron chi connectivity index (χ2n) is 12.8. The summed E-state index contributed by atoms with van der Waals surface area (Å²) in [7, 11) is 0.